The predicted molar refractivity (Wildman–Crippen MR) is 493 cm³/mol. The molecular weight excluding hydrogens is 1420 g/mol. The summed E-state index contributed by atoms with van der Waals surface area (Å²) in [4.78, 5) is 5.14. The molecule has 0 fully saturated rings. The Morgan fingerprint density at radius 2 is 0.483 bits per heavy atom. The Bertz CT molecular complexity index is 6810. The number of benzene rings is 18. The van der Waals surface area contributed by atoms with Gasteiger partial charge < -0.3 is 9.80 Å². The molecule has 118 heavy (non-hydrogen) atoms. The molecular formula is C116H84N2. The first kappa shape index (κ1) is 70.2. The van der Waals surface area contributed by atoms with Gasteiger partial charge in [0.1, 0.15) is 0 Å². The van der Waals surface area contributed by atoms with Gasteiger partial charge in [-0.05, 0) is 229 Å². The third kappa shape index (κ3) is 10.8. The van der Waals surface area contributed by atoms with E-state index in [4.69, 9.17) is 0 Å². The van der Waals surface area contributed by atoms with Crippen LogP contribution in [0, 0.1) is 0 Å². The summed E-state index contributed by atoms with van der Waals surface area (Å²) in [6.45, 7) is 9.62. The first-order valence-electron chi connectivity index (χ1n) is 41.4. The average molecular weight is 1510 g/mol. The summed E-state index contributed by atoms with van der Waals surface area (Å²) in [5, 5.41) is 0. The highest BCUT2D eigenvalue weighted by Gasteiger charge is 2.50. The van der Waals surface area contributed by atoms with Gasteiger partial charge in [-0.2, -0.15) is 0 Å². The van der Waals surface area contributed by atoms with E-state index in [9.17, 15) is 0 Å². The quantitative estimate of drug-likeness (QED) is 0.101. The molecule has 0 saturated carbocycles. The van der Waals surface area contributed by atoms with Gasteiger partial charge in [0.05, 0.1) is 22.2 Å². The van der Waals surface area contributed by atoms with Gasteiger partial charge in [0.25, 0.3) is 0 Å². The largest absolute Gasteiger partial charge is 0.310 e. The fraction of sp³-hybridized carbons (Fsp3) is 0.0690. The summed E-state index contributed by atoms with van der Waals surface area (Å²) in [5.74, 6) is 0. The lowest BCUT2D eigenvalue weighted by Crippen LogP contribution is -2.28. The van der Waals surface area contributed by atoms with E-state index >= 15 is 0 Å². The lowest BCUT2D eigenvalue weighted by Gasteiger charge is -2.34. The van der Waals surface area contributed by atoms with Crippen molar-refractivity contribution in [1.29, 1.82) is 0 Å². The molecule has 0 saturated heterocycles. The van der Waals surface area contributed by atoms with Crippen LogP contribution in [0.15, 0.2) is 437 Å². The molecule has 0 N–H and O–H groups in total. The Balaban J connectivity index is 0.671. The zero-order valence-electron chi connectivity index (χ0n) is 66.5. The van der Waals surface area contributed by atoms with E-state index in [0.717, 1.165) is 78.6 Å². The molecule has 0 aliphatic heterocycles. The summed E-state index contributed by atoms with van der Waals surface area (Å²) >= 11 is 0. The monoisotopic (exact) mass is 1500 g/mol. The van der Waals surface area contributed by atoms with Crippen molar-refractivity contribution in [1.82, 2.24) is 0 Å². The van der Waals surface area contributed by atoms with Crippen LogP contribution in [0.25, 0.3) is 100 Å². The van der Waals surface area contributed by atoms with Crippen LogP contribution in [-0.2, 0) is 21.7 Å². The Morgan fingerprint density at radius 1 is 0.161 bits per heavy atom. The summed E-state index contributed by atoms with van der Waals surface area (Å²) in [6, 6.07) is 164. The maximum Gasteiger partial charge on any atom is 0.0714 e. The van der Waals surface area contributed by atoms with Crippen LogP contribution in [0.4, 0.5) is 34.1 Å². The average Bonchev–Trinajstić information content (AvgIpc) is 1.53. The maximum absolute atomic E-state index is 2.57. The van der Waals surface area contributed by atoms with Gasteiger partial charge in [0, 0.05) is 44.7 Å². The molecule has 4 aliphatic carbocycles. The number of anilines is 6. The minimum atomic E-state index is -0.590. The molecule has 558 valence electrons. The van der Waals surface area contributed by atoms with Gasteiger partial charge in [0.15, 0.2) is 0 Å². The standard InChI is InChI=1S/C116H84N2/c1-113(2)101-51-29-26-48-94(101)95-67-64-90(75-107(95)113)117(109-56-32-54-105-111(109)97-49-27-30-52-103(97)115(105,85-40-18-8-19-41-85)86-42-20-9-21-43-86)89-63-66-93(99(74-89)80-38-16-7-17-39-80)81-60-58-79(59-61-81)82-62-69-102-100(73-82)96-68-65-91(76-108(96)114(102,3)4)118(92-71-83(77-34-12-5-13-35-77)70-84(72-92)78-36-14-6-15-37-78)110-57-33-55-106-112(110)98-50-28-31-53-104(98)116(106,87-44-22-10-23-45-87)88-46-24-11-25-47-88/h5-76H,1-4H3. The van der Waals surface area contributed by atoms with Gasteiger partial charge in [-0.3, -0.25) is 0 Å². The molecule has 22 rings (SSSR count). The highest BCUT2D eigenvalue weighted by atomic mass is 15.2. The number of nitrogens with zero attached hydrogens (tertiary/aromatic N) is 2. The SMILES string of the molecule is CC1(C)c2ccccc2-c2ccc(N(c3ccc(-c4ccc(-c5ccc6c(c5)-c5ccc(N(c7cc(-c8ccccc8)cc(-c8ccccc8)c7)c7cccc8c7-c7ccccc7C8(c7ccccc7)c7ccccc7)cc5C6(C)C)cc4)c(-c4ccccc4)c3)c3cccc4c3-c3ccccc3C4(c3ccccc3)c3ccccc3)cc21. The summed E-state index contributed by atoms with van der Waals surface area (Å²) in [6.07, 6.45) is 0. The molecule has 2 nitrogen and oxygen atoms in total. The first-order chi connectivity index (χ1) is 58.0. The van der Waals surface area contributed by atoms with E-state index in [1.807, 2.05) is 0 Å². The molecule has 0 unspecified atom stereocenters. The molecule has 0 amide bonds. The highest BCUT2D eigenvalue weighted by molar-refractivity contribution is 6.02. The Hall–Kier alpha value is -14.4. The van der Waals surface area contributed by atoms with Crippen LogP contribution in [0.1, 0.15) is 94.5 Å². The van der Waals surface area contributed by atoms with Crippen molar-refractivity contribution in [2.75, 3.05) is 9.80 Å². The van der Waals surface area contributed by atoms with Crippen molar-refractivity contribution in [3.8, 4) is 100 Å². The summed E-state index contributed by atoms with van der Waals surface area (Å²) < 4.78 is 0. The van der Waals surface area contributed by atoms with Crippen LogP contribution < -0.4 is 9.80 Å². The van der Waals surface area contributed by atoms with E-state index in [1.165, 1.54) is 122 Å². The summed E-state index contributed by atoms with van der Waals surface area (Å²) in [7, 11) is 0. The number of fused-ring (bicyclic) bond motifs is 12. The van der Waals surface area contributed by atoms with E-state index in [1.54, 1.807) is 0 Å². The maximum atomic E-state index is 2.57. The van der Waals surface area contributed by atoms with Crippen molar-refractivity contribution in [3.05, 3.63) is 504 Å². The first-order valence-corrected chi connectivity index (χ1v) is 41.4. The van der Waals surface area contributed by atoms with Crippen molar-refractivity contribution in [2.45, 2.75) is 49.4 Å². The van der Waals surface area contributed by atoms with Crippen molar-refractivity contribution < 1.29 is 0 Å². The van der Waals surface area contributed by atoms with Crippen molar-refractivity contribution >= 4 is 34.1 Å². The minimum absolute atomic E-state index is 0.222. The van der Waals surface area contributed by atoms with Crippen LogP contribution in [0.3, 0.4) is 0 Å². The number of rotatable bonds is 15. The van der Waals surface area contributed by atoms with E-state index in [0.29, 0.717) is 0 Å². The van der Waals surface area contributed by atoms with Gasteiger partial charge in [0.2, 0.25) is 0 Å². The summed E-state index contributed by atoms with van der Waals surface area (Å²) in [5.41, 5.74) is 41.9. The van der Waals surface area contributed by atoms with E-state index in [-0.39, 0.29) is 10.8 Å². The van der Waals surface area contributed by atoms with Gasteiger partial charge in [-0.1, -0.05) is 392 Å². The molecule has 0 bridgehead atoms. The fourth-order valence-corrected chi connectivity index (χ4v) is 21.0. The third-order valence-corrected chi connectivity index (χ3v) is 26.4. The number of hydrogen-bond donors (Lipinski definition) is 0. The van der Waals surface area contributed by atoms with Gasteiger partial charge >= 0.3 is 0 Å². The highest BCUT2D eigenvalue weighted by Crippen LogP contribution is 2.64. The third-order valence-electron chi connectivity index (χ3n) is 26.4. The molecule has 0 heterocycles. The molecule has 0 atom stereocenters. The smallest absolute Gasteiger partial charge is 0.0714 e. The van der Waals surface area contributed by atoms with Crippen LogP contribution in [-0.4, -0.2) is 0 Å². The normalized spacial score (nSPS) is 14.0. The predicted octanol–water partition coefficient (Wildman–Crippen LogP) is 30.3. The molecule has 0 spiro atoms. The zero-order valence-corrected chi connectivity index (χ0v) is 66.5. The number of hydrogen-bond acceptors (Lipinski definition) is 2. The Kier molecular flexibility index (Phi) is 16.5. The van der Waals surface area contributed by atoms with Crippen LogP contribution in [0.5, 0.6) is 0 Å². The van der Waals surface area contributed by atoms with Gasteiger partial charge in [-0.25, -0.2) is 0 Å². The Morgan fingerprint density at radius 3 is 0.949 bits per heavy atom. The van der Waals surface area contributed by atoms with E-state index in [2.05, 4.69) is 474 Å². The second kappa shape index (κ2) is 27.7. The van der Waals surface area contributed by atoms with Crippen molar-refractivity contribution in [2.24, 2.45) is 0 Å². The van der Waals surface area contributed by atoms with Crippen LogP contribution >= 0.6 is 0 Å². The molecule has 2 heteroatoms. The molecule has 0 radical (unpaired) electrons. The molecule has 18 aromatic carbocycles. The lowest BCUT2D eigenvalue weighted by molar-refractivity contribution is 0.660. The second-order valence-electron chi connectivity index (χ2n) is 33.3. The minimum Gasteiger partial charge on any atom is -0.310 e. The Labute approximate surface area is 692 Å². The van der Waals surface area contributed by atoms with E-state index < -0.39 is 10.8 Å². The molecule has 4 aliphatic rings. The second-order valence-corrected chi connectivity index (χ2v) is 33.3. The molecule has 18 aromatic rings. The fourth-order valence-electron chi connectivity index (χ4n) is 21.0. The van der Waals surface area contributed by atoms with Crippen molar-refractivity contribution in [3.63, 3.8) is 0 Å². The lowest BCUT2D eigenvalue weighted by atomic mass is 9.68. The van der Waals surface area contributed by atoms with Crippen LogP contribution in [0.2, 0.25) is 0 Å². The zero-order chi connectivity index (χ0) is 78.9. The molecule has 0 aromatic heterocycles. The van der Waals surface area contributed by atoms with Gasteiger partial charge in [-0.15, -0.1) is 0 Å². The topological polar surface area (TPSA) is 6.48 Å².